The first kappa shape index (κ1) is 11.8. The number of nitrogens with zero attached hydrogens (tertiary/aromatic N) is 2. The second kappa shape index (κ2) is 3.96. The van der Waals surface area contributed by atoms with Gasteiger partial charge in [0, 0.05) is 6.07 Å². The molecule has 0 saturated carbocycles. The second-order valence-electron chi connectivity index (χ2n) is 3.23. The van der Waals surface area contributed by atoms with Gasteiger partial charge in [0.25, 0.3) is 5.88 Å². The van der Waals surface area contributed by atoms with E-state index in [0.29, 0.717) is 10.7 Å². The summed E-state index contributed by atoms with van der Waals surface area (Å²) in [5.41, 5.74) is -1.11. The summed E-state index contributed by atoms with van der Waals surface area (Å²) in [5, 5.41) is 14.7. The zero-order valence-corrected chi connectivity index (χ0v) is 8.96. The lowest BCUT2D eigenvalue weighted by atomic mass is 10.3. The van der Waals surface area contributed by atoms with Crippen LogP contribution >= 0.6 is 11.6 Å². The lowest BCUT2D eigenvalue weighted by Gasteiger charge is -2.04. The van der Waals surface area contributed by atoms with Crippen LogP contribution in [0.5, 0.6) is 5.88 Å². The van der Waals surface area contributed by atoms with E-state index in [-0.39, 0.29) is 10.7 Å². The molecule has 1 aromatic heterocycles. The van der Waals surface area contributed by atoms with Crippen molar-refractivity contribution < 1.29 is 18.3 Å². The quantitative estimate of drug-likeness (QED) is 0.771. The van der Waals surface area contributed by atoms with Gasteiger partial charge in [-0.25, -0.2) is 0 Å². The monoisotopic (exact) mass is 261 g/mol. The van der Waals surface area contributed by atoms with E-state index in [9.17, 15) is 18.3 Å². The van der Waals surface area contributed by atoms with Gasteiger partial charge in [0.2, 0.25) is 0 Å². The highest BCUT2D eigenvalue weighted by Crippen LogP contribution is 2.33. The van der Waals surface area contributed by atoms with Crippen molar-refractivity contribution in [3.05, 3.63) is 41.0 Å². The van der Waals surface area contributed by atoms with Crippen LogP contribution in [0, 0.1) is 0 Å². The molecule has 1 radical (unpaired) electrons. The Labute approximate surface area is 99.1 Å². The number of alkyl halides is 3. The number of aromatic nitrogens is 2. The highest BCUT2D eigenvalue weighted by atomic mass is 35.5. The van der Waals surface area contributed by atoms with Crippen LogP contribution in [0.25, 0.3) is 5.69 Å². The van der Waals surface area contributed by atoms with Gasteiger partial charge in [-0.15, -0.1) is 0 Å². The predicted molar refractivity (Wildman–Crippen MR) is 53.7 cm³/mol. The first-order chi connectivity index (χ1) is 7.89. The Balaban J connectivity index is 2.55. The van der Waals surface area contributed by atoms with Crippen molar-refractivity contribution in [3.63, 3.8) is 0 Å². The molecule has 7 heteroatoms. The van der Waals surface area contributed by atoms with Crippen LogP contribution in [-0.4, -0.2) is 9.78 Å². The highest BCUT2D eigenvalue weighted by molar-refractivity contribution is 6.32. The normalized spacial score (nSPS) is 11.8. The standard InChI is InChI=1S/C10H5ClF3N2O/c11-6-3-1-2-4-7(6)16-9(17)5-8(15-16)10(12,13)14/h1-5H. The molecule has 3 nitrogen and oxygen atoms in total. The smallest absolute Gasteiger partial charge is 0.267 e. The molecule has 1 heterocycles. The molecule has 0 bridgehead atoms. The third-order valence-electron chi connectivity index (χ3n) is 2.05. The van der Waals surface area contributed by atoms with Crippen molar-refractivity contribution in [2.75, 3.05) is 0 Å². The van der Waals surface area contributed by atoms with Crippen LogP contribution in [0.3, 0.4) is 0 Å². The lowest BCUT2D eigenvalue weighted by molar-refractivity contribution is -0.141. The van der Waals surface area contributed by atoms with E-state index < -0.39 is 17.8 Å². The van der Waals surface area contributed by atoms with E-state index in [2.05, 4.69) is 5.10 Å². The molecule has 0 fully saturated rings. The maximum atomic E-state index is 12.3. The van der Waals surface area contributed by atoms with E-state index >= 15 is 0 Å². The van der Waals surface area contributed by atoms with Crippen molar-refractivity contribution in [3.8, 4) is 11.6 Å². The molecule has 0 unspecified atom stereocenters. The van der Waals surface area contributed by atoms with Crippen LogP contribution < -0.4 is 0 Å². The first-order valence-corrected chi connectivity index (χ1v) is 4.86. The predicted octanol–water partition coefficient (Wildman–Crippen LogP) is 3.69. The van der Waals surface area contributed by atoms with E-state index in [1.54, 1.807) is 12.1 Å². The third-order valence-corrected chi connectivity index (χ3v) is 2.37. The number of benzene rings is 1. The molecule has 0 aliphatic heterocycles. The Morgan fingerprint density at radius 1 is 1.24 bits per heavy atom. The number of halogens is 4. The average Bonchev–Trinajstić information content (AvgIpc) is 2.61. The van der Waals surface area contributed by atoms with Gasteiger partial charge in [-0.3, -0.25) is 5.11 Å². The molecule has 0 atom stereocenters. The molecule has 0 spiro atoms. The summed E-state index contributed by atoms with van der Waals surface area (Å²) in [6.45, 7) is 0. The minimum Gasteiger partial charge on any atom is -0.267 e. The maximum Gasteiger partial charge on any atom is 0.435 e. The number of rotatable bonds is 1. The van der Waals surface area contributed by atoms with Gasteiger partial charge >= 0.3 is 6.18 Å². The summed E-state index contributed by atoms with van der Waals surface area (Å²) >= 11 is 5.77. The van der Waals surface area contributed by atoms with Crippen molar-refractivity contribution >= 4 is 11.6 Å². The summed E-state index contributed by atoms with van der Waals surface area (Å²) in [6.07, 6.45) is -4.65. The summed E-state index contributed by atoms with van der Waals surface area (Å²) in [7, 11) is 0. The summed E-state index contributed by atoms with van der Waals surface area (Å²) in [4.78, 5) is 0. The van der Waals surface area contributed by atoms with E-state index in [0.717, 1.165) is 0 Å². The molecule has 1 aromatic carbocycles. The zero-order chi connectivity index (χ0) is 12.6. The van der Waals surface area contributed by atoms with Crippen LogP contribution in [0.1, 0.15) is 5.69 Å². The van der Waals surface area contributed by atoms with Crippen molar-refractivity contribution in [1.29, 1.82) is 0 Å². The number of hydrogen-bond acceptors (Lipinski definition) is 1. The molecule has 0 saturated heterocycles. The molecule has 0 N–H and O–H groups in total. The van der Waals surface area contributed by atoms with E-state index in [1.165, 1.54) is 12.1 Å². The second-order valence-corrected chi connectivity index (χ2v) is 3.64. The molecule has 0 aliphatic rings. The topological polar surface area (TPSA) is 37.7 Å². The summed E-state index contributed by atoms with van der Waals surface area (Å²) in [5.74, 6) is -0.870. The Morgan fingerprint density at radius 3 is 2.41 bits per heavy atom. The van der Waals surface area contributed by atoms with Crippen LogP contribution in [-0.2, 0) is 11.3 Å². The molecule has 17 heavy (non-hydrogen) atoms. The van der Waals surface area contributed by atoms with Gasteiger partial charge in [0.05, 0.1) is 10.7 Å². The van der Waals surface area contributed by atoms with Crippen molar-refractivity contribution in [2.45, 2.75) is 6.18 Å². The van der Waals surface area contributed by atoms with Crippen LogP contribution in [0.2, 0.25) is 5.02 Å². The maximum absolute atomic E-state index is 12.3. The minimum absolute atomic E-state index is 0.120. The average molecular weight is 262 g/mol. The Bertz CT molecular complexity index is 551. The fourth-order valence-corrected chi connectivity index (χ4v) is 1.51. The van der Waals surface area contributed by atoms with Gasteiger partial charge in [-0.1, -0.05) is 23.7 Å². The van der Waals surface area contributed by atoms with Crippen LogP contribution in [0.4, 0.5) is 13.2 Å². The SMILES string of the molecule is [O]c1cc(C(F)(F)F)nn1-c1ccccc1Cl. The third kappa shape index (κ3) is 2.21. The molecule has 0 aliphatic carbocycles. The van der Waals surface area contributed by atoms with E-state index in [4.69, 9.17) is 11.6 Å². The Kier molecular flexibility index (Phi) is 2.74. The number of para-hydroxylation sites is 1. The summed E-state index contributed by atoms with van der Waals surface area (Å²) < 4.78 is 37.7. The van der Waals surface area contributed by atoms with Crippen LogP contribution in [0.15, 0.2) is 30.3 Å². The molecule has 2 rings (SSSR count). The molecular formula is C10H5ClF3N2O. The fourth-order valence-electron chi connectivity index (χ4n) is 1.30. The summed E-state index contributed by atoms with van der Waals surface area (Å²) in [6, 6.07) is 6.46. The molecule has 89 valence electrons. The fraction of sp³-hybridized carbons (Fsp3) is 0.100. The molecular weight excluding hydrogens is 257 g/mol. The van der Waals surface area contributed by atoms with Crippen molar-refractivity contribution in [1.82, 2.24) is 9.78 Å². The van der Waals surface area contributed by atoms with Crippen molar-refractivity contribution in [2.24, 2.45) is 0 Å². The highest BCUT2D eigenvalue weighted by Gasteiger charge is 2.35. The van der Waals surface area contributed by atoms with Gasteiger partial charge in [-0.2, -0.15) is 23.0 Å². The first-order valence-electron chi connectivity index (χ1n) is 4.49. The van der Waals surface area contributed by atoms with Gasteiger partial charge < -0.3 is 0 Å². The Morgan fingerprint density at radius 2 is 1.88 bits per heavy atom. The number of hydrogen-bond donors (Lipinski definition) is 0. The zero-order valence-electron chi connectivity index (χ0n) is 8.20. The minimum atomic E-state index is -4.65. The molecule has 0 amide bonds. The van der Waals surface area contributed by atoms with E-state index in [1.807, 2.05) is 0 Å². The molecule has 2 aromatic rings. The van der Waals surface area contributed by atoms with Gasteiger partial charge in [0.1, 0.15) is 0 Å². The Hall–Kier alpha value is -1.69. The lowest BCUT2D eigenvalue weighted by Crippen LogP contribution is -2.07. The largest absolute Gasteiger partial charge is 0.435 e. The van der Waals surface area contributed by atoms with Gasteiger partial charge in [0.15, 0.2) is 5.69 Å². The van der Waals surface area contributed by atoms with Gasteiger partial charge in [-0.05, 0) is 12.1 Å².